The third kappa shape index (κ3) is 17.9. The van der Waals surface area contributed by atoms with Gasteiger partial charge in [0.1, 0.15) is 11.2 Å². The Morgan fingerprint density at radius 3 is 1.24 bits per heavy atom. The molecule has 4 unspecified atom stereocenters. The molecule has 0 aliphatic carbocycles. The molecule has 2 saturated heterocycles. The molecule has 2 rings (SSSR count). The molecule has 0 spiro atoms. The maximum Gasteiger partial charge on any atom is 0.410 e. The molecule has 0 bridgehead atoms. The summed E-state index contributed by atoms with van der Waals surface area (Å²) in [5.74, 6) is -1.39. The number of nitrogens with zero attached hydrogens (tertiary/aromatic N) is 2. The molecule has 2 heterocycles. The van der Waals surface area contributed by atoms with Gasteiger partial charge in [-0.05, 0) is 82.1 Å². The van der Waals surface area contributed by atoms with Gasteiger partial charge >= 0.3 is 36.1 Å². The first-order valence-corrected chi connectivity index (χ1v) is 17.7. The molecule has 0 aromatic carbocycles. The minimum atomic E-state index is -0.789. The van der Waals surface area contributed by atoms with E-state index in [1.54, 1.807) is 69.2 Å². The van der Waals surface area contributed by atoms with E-state index in [1.165, 1.54) is 9.80 Å². The molecule has 0 aromatic rings. The van der Waals surface area contributed by atoms with Gasteiger partial charge in [-0.1, -0.05) is 6.42 Å². The first-order valence-electron chi connectivity index (χ1n) is 17.7. The van der Waals surface area contributed by atoms with Crippen molar-refractivity contribution >= 4 is 36.1 Å². The Morgan fingerprint density at radius 1 is 0.560 bits per heavy atom. The van der Waals surface area contributed by atoms with Crippen LogP contribution in [0.5, 0.6) is 0 Å². The summed E-state index contributed by atoms with van der Waals surface area (Å²) >= 11 is 0. The molecule has 0 aromatic heterocycles. The van der Waals surface area contributed by atoms with Crippen LogP contribution in [0, 0.1) is 0 Å². The lowest BCUT2D eigenvalue weighted by molar-refractivity contribution is -0.148. The van der Waals surface area contributed by atoms with Crippen molar-refractivity contribution in [1.82, 2.24) is 15.1 Å². The number of ether oxygens (including phenoxy) is 6. The van der Waals surface area contributed by atoms with Crippen molar-refractivity contribution in [3.63, 3.8) is 0 Å². The molecule has 2 fully saturated rings. The van der Waals surface area contributed by atoms with Gasteiger partial charge in [0.2, 0.25) is 0 Å². The van der Waals surface area contributed by atoms with Gasteiger partial charge in [-0.15, -0.1) is 0 Å². The van der Waals surface area contributed by atoms with Crippen molar-refractivity contribution in [1.29, 1.82) is 0 Å². The third-order valence-corrected chi connectivity index (χ3v) is 7.33. The van der Waals surface area contributed by atoms with Gasteiger partial charge in [0, 0.05) is 25.2 Å². The molecule has 0 saturated carbocycles. The first-order chi connectivity index (χ1) is 23.3. The molecule has 50 heavy (non-hydrogen) atoms. The Morgan fingerprint density at radius 2 is 0.900 bits per heavy atom. The summed E-state index contributed by atoms with van der Waals surface area (Å²) in [5, 5.41) is 3.33. The van der Waals surface area contributed by atoms with Crippen molar-refractivity contribution in [3.8, 4) is 0 Å². The van der Waals surface area contributed by atoms with Gasteiger partial charge in [-0.2, -0.15) is 0 Å². The zero-order chi connectivity index (χ0) is 38.1. The average molecular weight is 716 g/mol. The molecular weight excluding hydrogens is 654 g/mol. The van der Waals surface area contributed by atoms with Crippen molar-refractivity contribution in [3.05, 3.63) is 0 Å². The number of carbonyl (C=O) groups excluding carboxylic acids is 6. The fraction of sp³-hybridized carbons (Fsp3) is 0.829. The Labute approximate surface area is 297 Å². The lowest BCUT2D eigenvalue weighted by Gasteiger charge is -2.46. The molecule has 0 radical (unpaired) electrons. The van der Waals surface area contributed by atoms with Gasteiger partial charge in [-0.3, -0.25) is 24.1 Å². The number of nitrogens with one attached hydrogen (secondary N) is 1. The van der Waals surface area contributed by atoms with Crippen LogP contribution in [0.1, 0.15) is 114 Å². The van der Waals surface area contributed by atoms with Crippen LogP contribution in [0.25, 0.3) is 0 Å². The second kappa shape index (κ2) is 21.6. The Balaban J connectivity index is 0.000000585. The molecule has 1 N–H and O–H groups in total. The van der Waals surface area contributed by atoms with E-state index in [0.717, 1.165) is 19.3 Å². The van der Waals surface area contributed by atoms with E-state index in [4.69, 9.17) is 28.4 Å². The third-order valence-electron chi connectivity index (χ3n) is 7.33. The highest BCUT2D eigenvalue weighted by Gasteiger charge is 2.44. The highest BCUT2D eigenvalue weighted by atomic mass is 16.6. The highest BCUT2D eigenvalue weighted by molar-refractivity contribution is 5.77. The summed E-state index contributed by atoms with van der Waals surface area (Å²) in [4.78, 5) is 75.9. The SMILES string of the molecule is CCOC(=O)CC1CCCC(CC(=O)OCC)N1.CCOC(=O)CC1CN(C(=O)OC(C)(C)C)CC(CC(=O)OCC)N1C(=O)OC(C)(C)C. The summed E-state index contributed by atoms with van der Waals surface area (Å²) in [6, 6.07) is -1.27. The van der Waals surface area contributed by atoms with Crippen molar-refractivity contribution < 1.29 is 57.2 Å². The second-order valence-corrected chi connectivity index (χ2v) is 14.1. The van der Waals surface area contributed by atoms with Crippen LogP contribution in [-0.4, -0.2) is 121 Å². The number of piperidine rings is 1. The van der Waals surface area contributed by atoms with Gasteiger partial charge in [0.25, 0.3) is 0 Å². The summed E-state index contributed by atoms with van der Waals surface area (Å²) in [5.41, 5.74) is -1.52. The molecule has 2 aliphatic rings. The molecule has 15 nitrogen and oxygen atoms in total. The number of rotatable bonds is 12. The molecular formula is C35H61N3O12. The molecule has 288 valence electrons. The predicted octanol–water partition coefficient (Wildman–Crippen LogP) is 4.52. The van der Waals surface area contributed by atoms with Crippen LogP contribution < -0.4 is 5.32 Å². The number of amides is 2. The Bertz CT molecular complexity index is 1060. The van der Waals surface area contributed by atoms with Crippen molar-refractivity contribution in [2.45, 2.75) is 150 Å². The zero-order valence-corrected chi connectivity index (χ0v) is 31.8. The van der Waals surface area contributed by atoms with E-state index in [0.29, 0.717) is 26.1 Å². The van der Waals surface area contributed by atoms with Crippen LogP contribution in [-0.2, 0) is 47.6 Å². The lowest BCUT2D eigenvalue weighted by atomic mass is 9.95. The largest absolute Gasteiger partial charge is 0.466 e. The number of piperazine rings is 1. The fourth-order valence-corrected chi connectivity index (χ4v) is 5.57. The molecule has 2 amide bonds. The van der Waals surface area contributed by atoms with E-state index in [1.807, 2.05) is 0 Å². The standard InChI is InChI=1S/C22H38N2O8.C13H23NO4/c1-9-29-17(25)11-15-13-23(19(27)31-21(3,4)5)14-16(12-18(26)30-10-2)24(15)20(28)32-22(6,7)8;1-3-17-12(15)8-10-6-5-7-11(14-10)9-13(16)18-4-2/h15-16H,9-14H2,1-8H3;10-11,14H,3-9H2,1-2H3. The summed E-state index contributed by atoms with van der Waals surface area (Å²) < 4.78 is 31.0. The maximum absolute atomic E-state index is 13.1. The first kappa shape index (κ1) is 44.4. The minimum Gasteiger partial charge on any atom is -0.466 e. The van der Waals surface area contributed by atoms with Crippen LogP contribution >= 0.6 is 0 Å². The van der Waals surface area contributed by atoms with E-state index >= 15 is 0 Å². The van der Waals surface area contributed by atoms with E-state index < -0.39 is 47.4 Å². The number of esters is 4. The summed E-state index contributed by atoms with van der Waals surface area (Å²) in [6.07, 6.45) is 2.11. The quantitative estimate of drug-likeness (QED) is 0.221. The van der Waals surface area contributed by atoms with Gasteiger partial charge in [0.15, 0.2) is 0 Å². The zero-order valence-electron chi connectivity index (χ0n) is 31.8. The van der Waals surface area contributed by atoms with Crippen LogP contribution in [0.3, 0.4) is 0 Å². The van der Waals surface area contributed by atoms with E-state index in [-0.39, 0.29) is 63.2 Å². The van der Waals surface area contributed by atoms with Crippen LogP contribution in [0.15, 0.2) is 0 Å². The van der Waals surface area contributed by atoms with Crippen molar-refractivity contribution in [2.24, 2.45) is 0 Å². The van der Waals surface area contributed by atoms with E-state index in [9.17, 15) is 28.8 Å². The fourth-order valence-electron chi connectivity index (χ4n) is 5.57. The monoisotopic (exact) mass is 715 g/mol. The minimum absolute atomic E-state index is 0.0340. The summed E-state index contributed by atoms with van der Waals surface area (Å²) in [6.45, 7) is 18.6. The second-order valence-electron chi connectivity index (χ2n) is 14.1. The average Bonchev–Trinajstić information content (AvgIpc) is 2.96. The number of hydrogen-bond acceptors (Lipinski definition) is 13. The lowest BCUT2D eigenvalue weighted by Crippen LogP contribution is -2.63. The Kier molecular flexibility index (Phi) is 19.1. The van der Waals surface area contributed by atoms with E-state index in [2.05, 4.69) is 5.32 Å². The normalized spacial score (nSPS) is 20.8. The molecule has 4 atom stereocenters. The molecule has 15 heteroatoms. The maximum atomic E-state index is 13.1. The van der Waals surface area contributed by atoms with Gasteiger partial charge in [-0.25, -0.2) is 9.59 Å². The highest BCUT2D eigenvalue weighted by Crippen LogP contribution is 2.26. The molecule has 2 aliphatic heterocycles. The summed E-state index contributed by atoms with van der Waals surface area (Å²) in [7, 11) is 0. The predicted molar refractivity (Wildman–Crippen MR) is 183 cm³/mol. The topological polar surface area (TPSA) is 176 Å². The van der Waals surface area contributed by atoms with Crippen molar-refractivity contribution in [2.75, 3.05) is 39.5 Å². The smallest absolute Gasteiger partial charge is 0.410 e. The Hall–Kier alpha value is -3.62. The number of hydrogen-bond donors (Lipinski definition) is 1. The number of carbonyl (C=O) groups is 6. The van der Waals surface area contributed by atoms with Gasteiger partial charge in [0.05, 0.1) is 64.2 Å². The van der Waals surface area contributed by atoms with Gasteiger partial charge < -0.3 is 38.6 Å². The van der Waals surface area contributed by atoms with Crippen LogP contribution in [0.2, 0.25) is 0 Å². The van der Waals surface area contributed by atoms with Crippen LogP contribution in [0.4, 0.5) is 9.59 Å².